The predicted octanol–water partition coefficient (Wildman–Crippen LogP) is 2.47. The summed E-state index contributed by atoms with van der Waals surface area (Å²) in [4.78, 5) is 10.5. The summed E-state index contributed by atoms with van der Waals surface area (Å²) >= 11 is 0. The number of aromatic nitrogens is 2. The van der Waals surface area contributed by atoms with Gasteiger partial charge < -0.3 is 9.64 Å². The molecular formula is C15H19N3O. The second-order valence-corrected chi connectivity index (χ2v) is 4.54. The van der Waals surface area contributed by atoms with Crippen LogP contribution in [-0.2, 0) is 6.42 Å². The van der Waals surface area contributed by atoms with Gasteiger partial charge in [-0.3, -0.25) is 0 Å². The van der Waals surface area contributed by atoms with Crippen LogP contribution in [-0.4, -0.2) is 30.7 Å². The molecule has 2 rings (SSSR count). The number of likely N-dealkylation sites (N-methyl/N-ethyl adjacent to an activating group) is 1. The number of methoxy groups -OCH3 is 1. The van der Waals surface area contributed by atoms with E-state index in [1.165, 1.54) is 5.56 Å². The van der Waals surface area contributed by atoms with Gasteiger partial charge in [0.15, 0.2) is 0 Å². The smallest absolute Gasteiger partial charge is 0.131 e. The highest BCUT2D eigenvalue weighted by atomic mass is 16.5. The average molecular weight is 257 g/mol. The van der Waals surface area contributed by atoms with Crippen molar-refractivity contribution in [1.29, 1.82) is 0 Å². The molecule has 4 heteroatoms. The van der Waals surface area contributed by atoms with Crippen LogP contribution in [0.1, 0.15) is 11.3 Å². The predicted molar refractivity (Wildman–Crippen MR) is 76.7 cm³/mol. The van der Waals surface area contributed by atoms with Gasteiger partial charge in [0, 0.05) is 25.4 Å². The van der Waals surface area contributed by atoms with Crippen molar-refractivity contribution in [3.63, 3.8) is 0 Å². The molecule has 0 radical (unpaired) electrons. The van der Waals surface area contributed by atoms with E-state index in [0.29, 0.717) is 0 Å². The lowest BCUT2D eigenvalue weighted by Gasteiger charge is -2.18. The van der Waals surface area contributed by atoms with Gasteiger partial charge in [-0.1, -0.05) is 12.1 Å². The Balaban J connectivity index is 1.94. The molecular weight excluding hydrogens is 238 g/mol. The van der Waals surface area contributed by atoms with Crippen LogP contribution in [0.25, 0.3) is 0 Å². The van der Waals surface area contributed by atoms with Crippen molar-refractivity contribution in [3.8, 4) is 5.75 Å². The number of aryl methyl sites for hydroxylation is 1. The SMILES string of the molecule is COc1ccc(CCN(C)c2cc(C)ncn2)cc1. The van der Waals surface area contributed by atoms with E-state index in [2.05, 4.69) is 27.0 Å². The third kappa shape index (κ3) is 3.68. The summed E-state index contributed by atoms with van der Waals surface area (Å²) in [6.07, 6.45) is 2.58. The summed E-state index contributed by atoms with van der Waals surface area (Å²) in [6, 6.07) is 10.2. The van der Waals surface area contributed by atoms with Crippen molar-refractivity contribution >= 4 is 5.82 Å². The van der Waals surface area contributed by atoms with Crippen LogP contribution in [0.2, 0.25) is 0 Å². The Kier molecular flexibility index (Phi) is 4.34. The van der Waals surface area contributed by atoms with Crippen LogP contribution in [0.5, 0.6) is 5.75 Å². The molecule has 19 heavy (non-hydrogen) atoms. The zero-order valence-corrected chi connectivity index (χ0v) is 11.6. The summed E-state index contributed by atoms with van der Waals surface area (Å²) in [7, 11) is 3.73. The van der Waals surface area contributed by atoms with E-state index >= 15 is 0 Å². The molecule has 0 atom stereocenters. The molecule has 1 aromatic heterocycles. The zero-order chi connectivity index (χ0) is 13.7. The topological polar surface area (TPSA) is 38.2 Å². The third-order valence-electron chi connectivity index (χ3n) is 3.08. The van der Waals surface area contributed by atoms with Crippen LogP contribution in [0.4, 0.5) is 5.82 Å². The number of hydrogen-bond donors (Lipinski definition) is 0. The molecule has 0 spiro atoms. The molecule has 0 bridgehead atoms. The van der Waals surface area contributed by atoms with E-state index < -0.39 is 0 Å². The van der Waals surface area contributed by atoms with Crippen molar-refractivity contribution in [2.45, 2.75) is 13.3 Å². The summed E-state index contributed by atoms with van der Waals surface area (Å²) in [5.74, 6) is 1.85. The number of rotatable bonds is 5. The fourth-order valence-electron chi connectivity index (χ4n) is 1.85. The van der Waals surface area contributed by atoms with Gasteiger partial charge in [-0.25, -0.2) is 9.97 Å². The molecule has 1 heterocycles. The molecule has 0 N–H and O–H groups in total. The monoisotopic (exact) mass is 257 g/mol. The molecule has 4 nitrogen and oxygen atoms in total. The fourth-order valence-corrected chi connectivity index (χ4v) is 1.85. The lowest BCUT2D eigenvalue weighted by Crippen LogP contribution is -2.21. The van der Waals surface area contributed by atoms with E-state index in [9.17, 15) is 0 Å². The number of hydrogen-bond acceptors (Lipinski definition) is 4. The Morgan fingerprint density at radius 3 is 2.53 bits per heavy atom. The zero-order valence-electron chi connectivity index (χ0n) is 11.6. The quantitative estimate of drug-likeness (QED) is 0.824. The van der Waals surface area contributed by atoms with Crippen LogP contribution in [0.15, 0.2) is 36.7 Å². The fraction of sp³-hybridized carbons (Fsp3) is 0.333. The van der Waals surface area contributed by atoms with Gasteiger partial charge in [0.25, 0.3) is 0 Å². The van der Waals surface area contributed by atoms with E-state index in [4.69, 9.17) is 4.74 Å². The molecule has 100 valence electrons. The van der Waals surface area contributed by atoms with Gasteiger partial charge in [-0.15, -0.1) is 0 Å². The van der Waals surface area contributed by atoms with Gasteiger partial charge in [0.05, 0.1) is 7.11 Å². The highest BCUT2D eigenvalue weighted by Gasteiger charge is 2.03. The summed E-state index contributed by atoms with van der Waals surface area (Å²) in [5.41, 5.74) is 2.28. The maximum absolute atomic E-state index is 5.15. The van der Waals surface area contributed by atoms with Crippen LogP contribution in [0.3, 0.4) is 0 Å². The molecule has 0 unspecified atom stereocenters. The molecule has 0 aliphatic heterocycles. The largest absolute Gasteiger partial charge is 0.497 e. The first-order valence-corrected chi connectivity index (χ1v) is 6.32. The molecule has 0 saturated carbocycles. The van der Waals surface area contributed by atoms with Crippen LogP contribution >= 0.6 is 0 Å². The summed E-state index contributed by atoms with van der Waals surface area (Å²) in [5, 5.41) is 0. The lowest BCUT2D eigenvalue weighted by molar-refractivity contribution is 0.414. The standard InChI is InChI=1S/C15H19N3O/c1-12-10-15(17-11-16-12)18(2)9-8-13-4-6-14(19-3)7-5-13/h4-7,10-11H,8-9H2,1-3H3. The lowest BCUT2D eigenvalue weighted by atomic mass is 10.1. The van der Waals surface area contributed by atoms with Gasteiger partial charge in [0.1, 0.15) is 17.9 Å². The minimum atomic E-state index is 0.892. The summed E-state index contributed by atoms with van der Waals surface area (Å²) < 4.78 is 5.15. The van der Waals surface area contributed by atoms with Gasteiger partial charge in [-0.05, 0) is 31.0 Å². The van der Waals surface area contributed by atoms with Gasteiger partial charge >= 0.3 is 0 Å². The molecule has 2 aromatic rings. The van der Waals surface area contributed by atoms with Gasteiger partial charge in [-0.2, -0.15) is 0 Å². The van der Waals surface area contributed by atoms with E-state index in [1.807, 2.05) is 32.2 Å². The molecule has 0 aliphatic rings. The van der Waals surface area contributed by atoms with Crippen molar-refractivity contribution in [2.24, 2.45) is 0 Å². The maximum atomic E-state index is 5.15. The molecule has 0 fully saturated rings. The highest BCUT2D eigenvalue weighted by molar-refractivity contribution is 5.38. The first-order chi connectivity index (χ1) is 9.19. The second-order valence-electron chi connectivity index (χ2n) is 4.54. The van der Waals surface area contributed by atoms with Crippen LogP contribution < -0.4 is 9.64 Å². The normalized spacial score (nSPS) is 10.3. The number of ether oxygens (including phenoxy) is 1. The number of benzene rings is 1. The summed E-state index contributed by atoms with van der Waals surface area (Å²) in [6.45, 7) is 2.89. The van der Waals surface area contributed by atoms with E-state index in [1.54, 1.807) is 13.4 Å². The Bertz CT molecular complexity index is 525. The Hall–Kier alpha value is -2.10. The van der Waals surface area contributed by atoms with Crippen molar-refractivity contribution in [2.75, 3.05) is 25.6 Å². The van der Waals surface area contributed by atoms with Gasteiger partial charge in [0.2, 0.25) is 0 Å². The Morgan fingerprint density at radius 2 is 1.89 bits per heavy atom. The first-order valence-electron chi connectivity index (χ1n) is 6.32. The van der Waals surface area contributed by atoms with Crippen molar-refractivity contribution in [3.05, 3.63) is 47.9 Å². The Labute approximate surface area is 114 Å². The maximum Gasteiger partial charge on any atom is 0.131 e. The molecule has 0 aliphatic carbocycles. The first kappa shape index (κ1) is 13.3. The van der Waals surface area contributed by atoms with E-state index in [0.717, 1.165) is 30.2 Å². The van der Waals surface area contributed by atoms with Crippen LogP contribution in [0, 0.1) is 6.92 Å². The van der Waals surface area contributed by atoms with E-state index in [-0.39, 0.29) is 0 Å². The second kappa shape index (κ2) is 6.18. The molecule has 0 amide bonds. The minimum absolute atomic E-state index is 0.892. The average Bonchev–Trinajstić information content (AvgIpc) is 2.45. The molecule has 1 aromatic carbocycles. The van der Waals surface area contributed by atoms with Crippen molar-refractivity contribution in [1.82, 2.24) is 9.97 Å². The number of anilines is 1. The Morgan fingerprint density at radius 1 is 1.16 bits per heavy atom. The third-order valence-corrected chi connectivity index (χ3v) is 3.08. The van der Waals surface area contributed by atoms with Crippen molar-refractivity contribution < 1.29 is 4.74 Å². The molecule has 0 saturated heterocycles. The number of nitrogens with zero attached hydrogens (tertiary/aromatic N) is 3. The highest BCUT2D eigenvalue weighted by Crippen LogP contribution is 2.13. The minimum Gasteiger partial charge on any atom is -0.497 e.